The minimum absolute atomic E-state index is 0. The molecule has 3 heterocycles. The monoisotopic (exact) mass is 834 g/mol. The van der Waals surface area contributed by atoms with Crippen LogP contribution in [0.5, 0.6) is 23.0 Å². The molecule has 2 aromatic heterocycles. The van der Waals surface area contributed by atoms with Gasteiger partial charge >= 0.3 is 21.1 Å². The van der Waals surface area contributed by atoms with Crippen LogP contribution in [0, 0.1) is 46.8 Å². The van der Waals surface area contributed by atoms with E-state index in [2.05, 4.69) is 85.5 Å². The van der Waals surface area contributed by atoms with E-state index < -0.39 is 0 Å². The molecule has 0 amide bonds. The van der Waals surface area contributed by atoms with Crippen LogP contribution in [0.4, 0.5) is 17.2 Å². The first-order valence-corrected chi connectivity index (χ1v) is 16.2. The average molecular weight is 835 g/mol. The molecule has 0 spiro atoms. The van der Waals surface area contributed by atoms with E-state index in [1.807, 2.05) is 85.1 Å². The molecule has 1 aliphatic rings. The summed E-state index contributed by atoms with van der Waals surface area (Å²) in [7, 11) is 0. The molecule has 0 saturated carbocycles. The zero-order valence-electron chi connectivity index (χ0n) is 28.3. The molecule has 0 aliphatic carbocycles. The van der Waals surface area contributed by atoms with Crippen molar-refractivity contribution in [3.8, 4) is 51.5 Å². The molecule has 248 valence electrons. The summed E-state index contributed by atoms with van der Waals surface area (Å²) in [5, 5.41) is 9.50. The van der Waals surface area contributed by atoms with Crippen molar-refractivity contribution in [2.24, 2.45) is 0 Å². The third-order valence-corrected chi connectivity index (χ3v) is 8.68. The molecule has 50 heavy (non-hydrogen) atoms. The molecule has 0 fully saturated rings. The number of nitrogens with zero attached hydrogens (tertiary/aromatic N) is 5. The molecule has 1 aliphatic heterocycles. The number of hydrogen-bond donors (Lipinski definition) is 0. The molecule has 8 rings (SSSR count). The van der Waals surface area contributed by atoms with Crippen molar-refractivity contribution in [3.63, 3.8) is 0 Å². The Morgan fingerprint density at radius 2 is 1.38 bits per heavy atom. The van der Waals surface area contributed by atoms with Crippen LogP contribution in [-0.2, 0) is 21.1 Å². The van der Waals surface area contributed by atoms with Crippen LogP contribution in [0.2, 0.25) is 0 Å². The summed E-state index contributed by atoms with van der Waals surface area (Å²) in [4.78, 5) is 6.74. The molecule has 0 saturated heterocycles. The van der Waals surface area contributed by atoms with E-state index in [9.17, 15) is 0 Å². The van der Waals surface area contributed by atoms with Gasteiger partial charge in [0.05, 0.1) is 11.5 Å². The molecular formula is C42H33N5O2Pt. The van der Waals surface area contributed by atoms with Crippen LogP contribution >= 0.6 is 0 Å². The van der Waals surface area contributed by atoms with Gasteiger partial charge in [-0.1, -0.05) is 60.2 Å². The number of ether oxygens (including phenoxy) is 2. The SMILES string of the molecule is Cc1ccnc(N2c3[c-]c(Oc4[c-]c(-c5nnc(-c6ccccc6C)n5-c5c(C)cc(C)cc5C)ccc4)ccc3Oc3ccccc32)c1.[Pt+2]. The first-order chi connectivity index (χ1) is 23.8. The zero-order valence-corrected chi connectivity index (χ0v) is 30.5. The van der Waals surface area contributed by atoms with Crippen molar-refractivity contribution in [2.75, 3.05) is 4.90 Å². The molecule has 0 bridgehead atoms. The minimum atomic E-state index is 0. The van der Waals surface area contributed by atoms with E-state index in [-0.39, 0.29) is 21.1 Å². The fraction of sp³-hybridized carbons (Fsp3) is 0.119. The largest absolute Gasteiger partial charge is 2.00 e. The number of benzene rings is 5. The van der Waals surface area contributed by atoms with Crippen LogP contribution in [0.15, 0.2) is 109 Å². The number of para-hydroxylation sites is 2. The van der Waals surface area contributed by atoms with Crippen LogP contribution in [0.25, 0.3) is 28.5 Å². The van der Waals surface area contributed by atoms with Gasteiger partial charge in [-0.2, -0.15) is 5.10 Å². The van der Waals surface area contributed by atoms with Crippen LogP contribution in [-0.4, -0.2) is 19.7 Å². The van der Waals surface area contributed by atoms with Gasteiger partial charge in [-0.25, -0.2) is 4.98 Å². The van der Waals surface area contributed by atoms with Crippen LogP contribution < -0.4 is 14.4 Å². The maximum Gasteiger partial charge on any atom is 2.00 e. The van der Waals surface area contributed by atoms with Gasteiger partial charge in [-0.05, 0) is 86.8 Å². The summed E-state index contributed by atoms with van der Waals surface area (Å²) in [5.74, 6) is 4.66. The predicted molar refractivity (Wildman–Crippen MR) is 193 cm³/mol. The van der Waals surface area contributed by atoms with Crippen molar-refractivity contribution in [3.05, 3.63) is 149 Å². The normalized spacial score (nSPS) is 11.7. The fourth-order valence-electron chi connectivity index (χ4n) is 6.56. The summed E-state index contributed by atoms with van der Waals surface area (Å²) >= 11 is 0. The molecule has 0 unspecified atom stereocenters. The number of aryl methyl sites for hydroxylation is 5. The number of anilines is 3. The smallest absolute Gasteiger partial charge is 0.513 e. The average Bonchev–Trinajstić information content (AvgIpc) is 3.51. The van der Waals surface area contributed by atoms with E-state index in [0.29, 0.717) is 28.8 Å². The molecule has 0 atom stereocenters. The van der Waals surface area contributed by atoms with Crippen molar-refractivity contribution in [1.29, 1.82) is 0 Å². The van der Waals surface area contributed by atoms with Gasteiger partial charge in [-0.15, -0.1) is 47.1 Å². The summed E-state index contributed by atoms with van der Waals surface area (Å²) in [6.07, 6.45) is 1.81. The van der Waals surface area contributed by atoms with Crippen molar-refractivity contribution >= 4 is 17.2 Å². The number of pyridine rings is 1. The van der Waals surface area contributed by atoms with Gasteiger partial charge in [0.25, 0.3) is 0 Å². The molecule has 7 aromatic rings. The number of hydrogen-bond acceptors (Lipinski definition) is 6. The summed E-state index contributed by atoms with van der Waals surface area (Å²) in [5.41, 5.74) is 10.1. The minimum Gasteiger partial charge on any atom is -0.513 e. The first-order valence-electron chi connectivity index (χ1n) is 16.2. The maximum absolute atomic E-state index is 6.45. The Morgan fingerprint density at radius 3 is 2.18 bits per heavy atom. The molecule has 5 aromatic carbocycles. The molecule has 0 N–H and O–H groups in total. The molecule has 0 radical (unpaired) electrons. The second-order valence-corrected chi connectivity index (χ2v) is 12.4. The van der Waals surface area contributed by atoms with Gasteiger partial charge in [0.1, 0.15) is 11.6 Å². The van der Waals surface area contributed by atoms with Gasteiger partial charge in [-0.3, -0.25) is 0 Å². The molecular weight excluding hydrogens is 802 g/mol. The van der Waals surface area contributed by atoms with Crippen molar-refractivity contribution < 1.29 is 30.5 Å². The van der Waals surface area contributed by atoms with Crippen LogP contribution in [0.1, 0.15) is 27.8 Å². The van der Waals surface area contributed by atoms with Crippen molar-refractivity contribution in [2.45, 2.75) is 34.6 Å². The zero-order chi connectivity index (χ0) is 33.6. The number of rotatable bonds is 6. The number of aromatic nitrogens is 4. The Hall–Kier alpha value is -5.52. The Morgan fingerprint density at radius 1 is 0.640 bits per heavy atom. The quantitative estimate of drug-likeness (QED) is 0.156. The third-order valence-electron chi connectivity index (χ3n) is 8.68. The Bertz CT molecular complexity index is 2360. The van der Waals surface area contributed by atoms with Gasteiger partial charge in [0.2, 0.25) is 0 Å². The van der Waals surface area contributed by atoms with E-state index in [1.54, 1.807) is 0 Å². The van der Waals surface area contributed by atoms with Gasteiger partial charge < -0.3 is 18.9 Å². The van der Waals surface area contributed by atoms with Gasteiger partial charge in [0, 0.05) is 34.7 Å². The van der Waals surface area contributed by atoms with E-state index in [4.69, 9.17) is 19.7 Å². The van der Waals surface area contributed by atoms with E-state index >= 15 is 0 Å². The summed E-state index contributed by atoms with van der Waals surface area (Å²) in [6, 6.07) is 41.1. The topological polar surface area (TPSA) is 65.3 Å². The Balaban J connectivity index is 0.00000392. The second-order valence-electron chi connectivity index (χ2n) is 12.4. The van der Waals surface area contributed by atoms with Crippen molar-refractivity contribution in [1.82, 2.24) is 19.7 Å². The second kappa shape index (κ2) is 13.4. The molecule has 7 nitrogen and oxygen atoms in total. The Labute approximate surface area is 306 Å². The third kappa shape index (κ3) is 5.99. The fourth-order valence-corrected chi connectivity index (χ4v) is 6.56. The van der Waals surface area contributed by atoms with E-state index in [0.717, 1.165) is 62.1 Å². The summed E-state index contributed by atoms with van der Waals surface area (Å²) < 4.78 is 14.9. The van der Waals surface area contributed by atoms with Crippen LogP contribution in [0.3, 0.4) is 0 Å². The first kappa shape index (κ1) is 33.0. The predicted octanol–water partition coefficient (Wildman–Crippen LogP) is 10.5. The van der Waals surface area contributed by atoms with E-state index in [1.165, 1.54) is 5.56 Å². The maximum atomic E-state index is 6.45. The van der Waals surface area contributed by atoms with Gasteiger partial charge in [0.15, 0.2) is 5.82 Å². The summed E-state index contributed by atoms with van der Waals surface area (Å²) in [6.45, 7) is 10.5. The Kier molecular flexibility index (Phi) is 8.85. The molecule has 8 heteroatoms. The standard InChI is InChI=1S/C42H33N5O2.Pt/c1-26-19-20-43-39(23-26)46-35-15-8-9-16-37(35)49-38-18-17-33(25-36(38)46)48-32-13-10-12-31(24-32)41-44-45-42(34-14-7-6-11-28(34)3)47(41)40-29(4)21-27(2)22-30(40)5;/h6-23H,1-5H3;/q-2;+2. The number of fused-ring (bicyclic) bond motifs is 2.